The molecule has 1 atom stereocenters. The first-order chi connectivity index (χ1) is 12.2. The lowest BCUT2D eigenvalue weighted by molar-refractivity contribution is -0.146. The van der Waals surface area contributed by atoms with Crippen molar-refractivity contribution >= 4 is 23.2 Å². The van der Waals surface area contributed by atoms with Gasteiger partial charge in [0.05, 0.1) is 31.2 Å². The smallest absolute Gasteiger partial charge is 0.333 e. The second-order valence-corrected chi connectivity index (χ2v) is 6.46. The zero-order valence-corrected chi connectivity index (χ0v) is 14.1. The van der Waals surface area contributed by atoms with Gasteiger partial charge in [-0.2, -0.15) is 0 Å². The number of methoxy groups -OCH3 is 1. The summed E-state index contributed by atoms with van der Waals surface area (Å²) in [7, 11) is 1.32. The largest absolute Gasteiger partial charge is 0.467 e. The molecule has 126 valence electrons. The molecule has 0 unspecified atom stereocenters. The summed E-state index contributed by atoms with van der Waals surface area (Å²) in [6, 6.07) is 10.1. The molecule has 25 heavy (non-hydrogen) atoms. The lowest BCUT2D eigenvalue weighted by Gasteiger charge is -2.28. The highest BCUT2D eigenvalue weighted by Gasteiger charge is 2.37. The van der Waals surface area contributed by atoms with Crippen LogP contribution in [0.2, 0.25) is 0 Å². The van der Waals surface area contributed by atoms with Crippen molar-refractivity contribution in [2.75, 3.05) is 7.11 Å². The first-order valence-corrected chi connectivity index (χ1v) is 8.50. The van der Waals surface area contributed by atoms with Crippen molar-refractivity contribution in [1.29, 1.82) is 0 Å². The van der Waals surface area contributed by atoms with Gasteiger partial charge in [-0.25, -0.2) is 9.48 Å². The van der Waals surface area contributed by atoms with Crippen LogP contribution in [0, 0.1) is 0 Å². The van der Waals surface area contributed by atoms with Crippen LogP contribution in [0.4, 0.5) is 0 Å². The number of esters is 1. The van der Waals surface area contributed by atoms with E-state index in [4.69, 9.17) is 4.74 Å². The lowest BCUT2D eigenvalue weighted by Crippen LogP contribution is -2.38. The number of aromatic nitrogens is 3. The van der Waals surface area contributed by atoms with Crippen LogP contribution in [0.5, 0.6) is 0 Å². The van der Waals surface area contributed by atoms with Crippen LogP contribution < -0.4 is 0 Å². The fourth-order valence-corrected chi connectivity index (χ4v) is 3.80. The zero-order valence-electron chi connectivity index (χ0n) is 13.3. The molecule has 0 spiro atoms. The van der Waals surface area contributed by atoms with Crippen LogP contribution in [0.25, 0.3) is 5.69 Å². The van der Waals surface area contributed by atoms with Crippen molar-refractivity contribution in [3.63, 3.8) is 0 Å². The molecule has 2 aromatic heterocycles. The number of nitrogens with zero attached hydrogens (tertiary/aromatic N) is 4. The van der Waals surface area contributed by atoms with Crippen molar-refractivity contribution in [3.8, 4) is 5.69 Å². The Kier molecular flexibility index (Phi) is 3.81. The number of fused-ring (bicyclic) bond motifs is 3. The molecule has 0 N–H and O–H groups in total. The number of carbonyl (C=O) groups is 2. The molecule has 0 fully saturated rings. The summed E-state index contributed by atoms with van der Waals surface area (Å²) >= 11 is 1.32. The minimum atomic E-state index is -0.838. The molecular weight excluding hydrogens is 340 g/mol. The Labute approximate surface area is 147 Å². The Hall–Kier alpha value is -3.00. The Morgan fingerprint density at radius 3 is 2.84 bits per heavy atom. The maximum Gasteiger partial charge on any atom is 0.333 e. The molecule has 0 saturated carbocycles. The van der Waals surface area contributed by atoms with Crippen molar-refractivity contribution in [1.82, 2.24) is 19.9 Å². The van der Waals surface area contributed by atoms with Crippen LogP contribution in [-0.4, -0.2) is 38.9 Å². The third-order valence-corrected chi connectivity index (χ3v) is 5.02. The van der Waals surface area contributed by atoms with E-state index in [-0.39, 0.29) is 12.5 Å². The number of hydrogen-bond donors (Lipinski definition) is 0. The Morgan fingerprint density at radius 1 is 1.28 bits per heavy atom. The molecule has 0 aliphatic carbocycles. The van der Waals surface area contributed by atoms with E-state index in [0.717, 1.165) is 5.69 Å². The normalized spacial score (nSPS) is 14.4. The van der Waals surface area contributed by atoms with E-state index in [1.54, 1.807) is 10.9 Å². The van der Waals surface area contributed by atoms with Gasteiger partial charge in [0.25, 0.3) is 5.91 Å². The Balaban J connectivity index is 1.86. The summed E-state index contributed by atoms with van der Waals surface area (Å²) in [6.07, 6.45) is 1.60. The van der Waals surface area contributed by atoms with Crippen molar-refractivity contribution in [2.24, 2.45) is 0 Å². The molecule has 8 heteroatoms. The standard InChI is InChI=1S/C17H14N4O3S/c1-24-17(23)14(11-5-3-2-4-6-11)20-10-12-9-18-19-21(12)13-7-8-25-15(13)16(20)22/h2-9,14H,10H2,1H3/t14-/m0/s1. The third-order valence-electron chi connectivity index (χ3n) is 4.13. The number of thiophene rings is 1. The van der Waals surface area contributed by atoms with E-state index in [9.17, 15) is 9.59 Å². The predicted molar refractivity (Wildman–Crippen MR) is 90.3 cm³/mol. The highest BCUT2D eigenvalue weighted by Crippen LogP contribution is 2.33. The third kappa shape index (κ3) is 2.51. The van der Waals surface area contributed by atoms with Gasteiger partial charge in [-0.15, -0.1) is 16.4 Å². The maximum absolute atomic E-state index is 13.2. The molecule has 1 amide bonds. The van der Waals surface area contributed by atoms with Gasteiger partial charge in [-0.1, -0.05) is 35.5 Å². The molecule has 0 radical (unpaired) electrons. The average Bonchev–Trinajstić information content (AvgIpc) is 3.28. The topological polar surface area (TPSA) is 77.3 Å². The van der Waals surface area contributed by atoms with Crippen molar-refractivity contribution in [2.45, 2.75) is 12.6 Å². The second-order valence-electron chi connectivity index (χ2n) is 5.54. The monoisotopic (exact) mass is 354 g/mol. The number of ether oxygens (including phenoxy) is 1. The van der Waals surface area contributed by atoms with Gasteiger partial charge in [0.15, 0.2) is 6.04 Å². The Morgan fingerprint density at radius 2 is 2.08 bits per heavy atom. The summed E-state index contributed by atoms with van der Waals surface area (Å²) in [5.41, 5.74) is 2.11. The molecule has 1 aliphatic rings. The van der Waals surface area contributed by atoms with Gasteiger partial charge in [0.1, 0.15) is 4.88 Å². The molecule has 1 aromatic carbocycles. The van der Waals surface area contributed by atoms with Crippen LogP contribution in [-0.2, 0) is 16.1 Å². The van der Waals surface area contributed by atoms with Gasteiger partial charge >= 0.3 is 5.97 Å². The highest BCUT2D eigenvalue weighted by atomic mass is 32.1. The Bertz CT molecular complexity index is 934. The summed E-state index contributed by atoms with van der Waals surface area (Å²) < 4.78 is 6.62. The molecule has 7 nitrogen and oxygen atoms in total. The van der Waals surface area contributed by atoms with Gasteiger partial charge in [-0.05, 0) is 17.0 Å². The highest BCUT2D eigenvalue weighted by molar-refractivity contribution is 7.12. The summed E-state index contributed by atoms with van der Waals surface area (Å²) in [6.45, 7) is 0.210. The number of amides is 1. The molecule has 4 rings (SSSR count). The molecule has 0 bridgehead atoms. The van der Waals surface area contributed by atoms with Crippen molar-refractivity contribution < 1.29 is 14.3 Å². The molecule has 0 saturated heterocycles. The van der Waals surface area contributed by atoms with Gasteiger partial charge < -0.3 is 9.64 Å². The fourth-order valence-electron chi connectivity index (χ4n) is 2.97. The molecule has 1 aliphatic heterocycles. The van der Waals surface area contributed by atoms with Crippen LogP contribution in [0.1, 0.15) is 27.0 Å². The predicted octanol–water partition coefficient (Wildman–Crippen LogP) is 2.20. The van der Waals surface area contributed by atoms with E-state index < -0.39 is 12.0 Å². The summed E-state index contributed by atoms with van der Waals surface area (Å²) in [5.74, 6) is -0.715. The second kappa shape index (κ2) is 6.14. The first-order valence-electron chi connectivity index (χ1n) is 7.62. The van der Waals surface area contributed by atoms with Crippen LogP contribution in [0.3, 0.4) is 0 Å². The first kappa shape index (κ1) is 15.5. The zero-order chi connectivity index (χ0) is 17.4. The number of carbonyl (C=O) groups excluding carboxylic acids is 2. The number of hydrogen-bond acceptors (Lipinski definition) is 6. The van der Waals surface area contributed by atoms with Gasteiger partial charge in [-0.3, -0.25) is 4.79 Å². The lowest BCUT2D eigenvalue weighted by atomic mass is 10.0. The molecule has 3 aromatic rings. The van der Waals surface area contributed by atoms with Gasteiger partial charge in [0.2, 0.25) is 0 Å². The van der Waals surface area contributed by atoms with E-state index in [1.807, 2.05) is 41.8 Å². The minimum Gasteiger partial charge on any atom is -0.467 e. The SMILES string of the molecule is COC(=O)[C@H](c1ccccc1)N1Cc2cnnn2-c2ccsc2C1=O. The van der Waals surface area contributed by atoms with Crippen LogP contribution >= 0.6 is 11.3 Å². The van der Waals surface area contributed by atoms with E-state index in [1.165, 1.54) is 23.3 Å². The van der Waals surface area contributed by atoms with Crippen molar-refractivity contribution in [3.05, 3.63) is 64.1 Å². The fraction of sp³-hybridized carbons (Fsp3) is 0.176. The van der Waals surface area contributed by atoms with E-state index in [2.05, 4.69) is 10.3 Å². The minimum absolute atomic E-state index is 0.210. The van der Waals surface area contributed by atoms with Crippen LogP contribution in [0.15, 0.2) is 48.0 Å². The summed E-state index contributed by atoms with van der Waals surface area (Å²) in [5, 5.41) is 9.85. The molecular formula is C17H14N4O3S. The van der Waals surface area contributed by atoms with E-state index >= 15 is 0 Å². The number of rotatable bonds is 3. The quantitative estimate of drug-likeness (QED) is 0.674. The average molecular weight is 354 g/mol. The summed E-state index contributed by atoms with van der Waals surface area (Å²) in [4.78, 5) is 27.7. The van der Waals surface area contributed by atoms with E-state index in [0.29, 0.717) is 16.1 Å². The molecule has 3 heterocycles. The maximum atomic E-state index is 13.2. The van der Waals surface area contributed by atoms with Gasteiger partial charge in [0, 0.05) is 0 Å². The number of benzene rings is 1.